The van der Waals surface area contributed by atoms with Crippen molar-refractivity contribution in [3.63, 3.8) is 0 Å². The third-order valence-corrected chi connectivity index (χ3v) is 3.28. The van der Waals surface area contributed by atoms with Crippen LogP contribution in [-0.4, -0.2) is 23.9 Å². The average molecular weight is 258 g/mol. The van der Waals surface area contributed by atoms with Gasteiger partial charge in [0.1, 0.15) is 0 Å². The molecule has 0 heterocycles. The molecule has 102 valence electrons. The van der Waals surface area contributed by atoms with Gasteiger partial charge in [-0.2, -0.15) is 5.26 Å². The van der Waals surface area contributed by atoms with Crippen LogP contribution in [0.4, 0.5) is 0 Å². The van der Waals surface area contributed by atoms with Gasteiger partial charge in [0.05, 0.1) is 18.4 Å². The highest BCUT2D eigenvalue weighted by Crippen LogP contribution is 2.26. The zero-order chi connectivity index (χ0) is 14.3. The van der Waals surface area contributed by atoms with Crippen molar-refractivity contribution in [2.45, 2.75) is 33.1 Å². The predicted molar refractivity (Wildman–Crippen MR) is 76.5 cm³/mol. The number of carbonyl (C=O) groups is 1. The Kier molecular flexibility index (Phi) is 6.08. The first-order valence-electron chi connectivity index (χ1n) is 6.82. The lowest BCUT2D eigenvalue weighted by atomic mass is 9.87. The smallest absolute Gasteiger partial charge is 0.230 e. The van der Waals surface area contributed by atoms with Gasteiger partial charge in [0.2, 0.25) is 5.91 Å². The minimum Gasteiger partial charge on any atom is -0.341 e. The number of rotatable bonds is 6. The molecular weight excluding hydrogens is 236 g/mol. The second-order valence-electron chi connectivity index (χ2n) is 4.96. The number of hydrogen-bond donors (Lipinski definition) is 0. The Hall–Kier alpha value is -1.82. The van der Waals surface area contributed by atoms with E-state index >= 15 is 0 Å². The van der Waals surface area contributed by atoms with Gasteiger partial charge in [0, 0.05) is 13.1 Å². The van der Waals surface area contributed by atoms with Crippen molar-refractivity contribution in [1.29, 1.82) is 5.26 Å². The number of benzene rings is 1. The molecule has 0 fully saturated rings. The van der Waals surface area contributed by atoms with Crippen molar-refractivity contribution in [2.75, 3.05) is 13.1 Å². The zero-order valence-corrected chi connectivity index (χ0v) is 12.0. The molecule has 3 heteroatoms. The first-order chi connectivity index (χ1) is 9.11. The summed E-state index contributed by atoms with van der Waals surface area (Å²) in [6.45, 7) is 7.25. The number of nitriles is 1. The summed E-state index contributed by atoms with van der Waals surface area (Å²) in [5.41, 5.74) is 1.05. The number of carbonyl (C=O) groups excluding carboxylic acids is 1. The first kappa shape index (κ1) is 15.2. The van der Waals surface area contributed by atoms with Crippen LogP contribution in [0.5, 0.6) is 0 Å². The SMILES string of the molecule is CCN(CCC#N)C(=O)C(c1ccccc1)C(C)C. The lowest BCUT2D eigenvalue weighted by molar-refractivity contribution is -0.133. The molecule has 0 radical (unpaired) electrons. The summed E-state index contributed by atoms with van der Waals surface area (Å²) < 4.78 is 0. The van der Waals surface area contributed by atoms with Crippen LogP contribution in [0.2, 0.25) is 0 Å². The van der Waals surface area contributed by atoms with Crippen molar-refractivity contribution in [3.05, 3.63) is 35.9 Å². The molecule has 0 bridgehead atoms. The summed E-state index contributed by atoms with van der Waals surface area (Å²) in [5.74, 6) is 0.241. The molecule has 1 unspecified atom stereocenters. The second kappa shape index (κ2) is 7.58. The van der Waals surface area contributed by atoms with Crippen molar-refractivity contribution < 1.29 is 4.79 Å². The Morgan fingerprint density at radius 3 is 2.42 bits per heavy atom. The van der Waals surface area contributed by atoms with Crippen molar-refractivity contribution >= 4 is 5.91 Å². The molecule has 1 aromatic rings. The van der Waals surface area contributed by atoms with E-state index in [9.17, 15) is 4.79 Å². The van der Waals surface area contributed by atoms with Gasteiger partial charge >= 0.3 is 0 Å². The maximum Gasteiger partial charge on any atom is 0.230 e. The summed E-state index contributed by atoms with van der Waals surface area (Å²) in [6, 6.07) is 12.0. The van der Waals surface area contributed by atoms with E-state index in [0.717, 1.165) is 5.56 Å². The molecule has 1 rings (SSSR count). The molecule has 0 saturated carbocycles. The molecule has 0 saturated heterocycles. The van der Waals surface area contributed by atoms with E-state index in [1.54, 1.807) is 4.90 Å². The minimum atomic E-state index is -0.125. The zero-order valence-electron chi connectivity index (χ0n) is 12.0. The predicted octanol–water partition coefficient (Wildman–Crippen LogP) is 3.19. The van der Waals surface area contributed by atoms with Gasteiger partial charge in [-0.3, -0.25) is 4.79 Å². The van der Waals surface area contributed by atoms with E-state index in [0.29, 0.717) is 19.5 Å². The Balaban J connectivity index is 2.93. The van der Waals surface area contributed by atoms with Crippen molar-refractivity contribution in [1.82, 2.24) is 4.90 Å². The average Bonchev–Trinajstić information content (AvgIpc) is 2.40. The van der Waals surface area contributed by atoms with Gasteiger partial charge in [-0.1, -0.05) is 44.2 Å². The van der Waals surface area contributed by atoms with Crippen LogP contribution >= 0.6 is 0 Å². The van der Waals surface area contributed by atoms with Crippen LogP contribution in [0.15, 0.2) is 30.3 Å². The quantitative estimate of drug-likeness (QED) is 0.786. The molecule has 0 aliphatic rings. The molecular formula is C16H22N2O. The van der Waals surface area contributed by atoms with E-state index < -0.39 is 0 Å². The molecule has 0 spiro atoms. The van der Waals surface area contributed by atoms with Crippen LogP contribution in [0.3, 0.4) is 0 Å². The Labute approximate surface area is 115 Å². The number of amides is 1. The van der Waals surface area contributed by atoms with Gasteiger partial charge in [0.15, 0.2) is 0 Å². The normalized spacial score (nSPS) is 11.9. The summed E-state index contributed by atoms with van der Waals surface area (Å²) in [4.78, 5) is 14.4. The maximum absolute atomic E-state index is 12.6. The van der Waals surface area contributed by atoms with Crippen LogP contribution in [0.1, 0.15) is 38.7 Å². The van der Waals surface area contributed by atoms with Gasteiger partial charge in [-0.25, -0.2) is 0 Å². The maximum atomic E-state index is 12.6. The lowest BCUT2D eigenvalue weighted by Crippen LogP contribution is -2.37. The topological polar surface area (TPSA) is 44.1 Å². The Morgan fingerprint density at radius 1 is 1.32 bits per heavy atom. The van der Waals surface area contributed by atoms with E-state index in [2.05, 4.69) is 19.9 Å². The molecule has 1 atom stereocenters. The van der Waals surface area contributed by atoms with Gasteiger partial charge in [-0.15, -0.1) is 0 Å². The summed E-state index contributed by atoms with van der Waals surface area (Å²) >= 11 is 0. The monoisotopic (exact) mass is 258 g/mol. The van der Waals surface area contributed by atoms with E-state index in [-0.39, 0.29) is 17.7 Å². The molecule has 0 aliphatic carbocycles. The third-order valence-electron chi connectivity index (χ3n) is 3.28. The molecule has 1 aromatic carbocycles. The Bertz CT molecular complexity index is 434. The molecule has 19 heavy (non-hydrogen) atoms. The third kappa shape index (κ3) is 4.10. The van der Waals surface area contributed by atoms with Gasteiger partial charge < -0.3 is 4.90 Å². The number of likely N-dealkylation sites (N-methyl/N-ethyl adjacent to an activating group) is 1. The highest BCUT2D eigenvalue weighted by atomic mass is 16.2. The van der Waals surface area contributed by atoms with Crippen LogP contribution in [0.25, 0.3) is 0 Å². The largest absolute Gasteiger partial charge is 0.341 e. The molecule has 1 amide bonds. The highest BCUT2D eigenvalue weighted by molar-refractivity contribution is 5.84. The van der Waals surface area contributed by atoms with Gasteiger partial charge in [-0.05, 0) is 18.4 Å². The standard InChI is InChI=1S/C16H22N2O/c1-4-18(12-8-11-17)16(19)15(13(2)3)14-9-6-5-7-10-14/h5-7,9-10,13,15H,4,8,12H2,1-3H3. The summed E-state index contributed by atoms with van der Waals surface area (Å²) in [5, 5.41) is 8.67. The van der Waals surface area contributed by atoms with E-state index in [1.165, 1.54) is 0 Å². The first-order valence-corrected chi connectivity index (χ1v) is 6.82. The fraction of sp³-hybridized carbons (Fsp3) is 0.500. The molecule has 3 nitrogen and oxygen atoms in total. The van der Waals surface area contributed by atoms with Crippen molar-refractivity contribution in [3.8, 4) is 6.07 Å². The van der Waals surface area contributed by atoms with E-state index in [4.69, 9.17) is 5.26 Å². The number of hydrogen-bond acceptors (Lipinski definition) is 2. The fourth-order valence-corrected chi connectivity index (χ4v) is 2.28. The van der Waals surface area contributed by atoms with E-state index in [1.807, 2.05) is 37.3 Å². The second-order valence-corrected chi connectivity index (χ2v) is 4.96. The molecule has 0 aromatic heterocycles. The van der Waals surface area contributed by atoms with Crippen molar-refractivity contribution in [2.24, 2.45) is 5.92 Å². The Morgan fingerprint density at radius 2 is 1.95 bits per heavy atom. The number of nitrogens with zero attached hydrogens (tertiary/aromatic N) is 2. The summed E-state index contributed by atoms with van der Waals surface area (Å²) in [6.07, 6.45) is 0.388. The van der Waals surface area contributed by atoms with Crippen LogP contribution in [0, 0.1) is 17.2 Å². The molecule has 0 N–H and O–H groups in total. The highest BCUT2D eigenvalue weighted by Gasteiger charge is 2.27. The minimum absolute atomic E-state index is 0.124. The summed E-state index contributed by atoms with van der Waals surface area (Å²) in [7, 11) is 0. The van der Waals surface area contributed by atoms with Crippen LogP contribution < -0.4 is 0 Å². The van der Waals surface area contributed by atoms with Crippen LogP contribution in [-0.2, 0) is 4.79 Å². The lowest BCUT2D eigenvalue weighted by Gasteiger charge is -2.28. The fourth-order valence-electron chi connectivity index (χ4n) is 2.28. The van der Waals surface area contributed by atoms with Gasteiger partial charge in [0.25, 0.3) is 0 Å². The molecule has 0 aliphatic heterocycles.